The maximum Gasteiger partial charge on any atom is 0.406 e. The maximum absolute atomic E-state index is 12.2. The molecule has 0 saturated carbocycles. The molecule has 0 aliphatic heterocycles. The zero-order chi connectivity index (χ0) is 13.2. The van der Waals surface area contributed by atoms with Crippen molar-refractivity contribution in [2.75, 3.05) is 18.8 Å². The number of aromatic nitrogens is 1. The number of anilines is 1. The van der Waals surface area contributed by atoms with Gasteiger partial charge in [-0.15, -0.1) is 0 Å². The summed E-state index contributed by atoms with van der Waals surface area (Å²) in [4.78, 5) is 16.5. The molecule has 2 N–H and O–H groups in total. The SMILES string of the molecule is CCN(CC(F)(F)F)C(=O)c1sc(N)nc1C. The number of carbonyl (C=O) groups is 1. The Morgan fingerprint density at radius 3 is 2.47 bits per heavy atom. The van der Waals surface area contributed by atoms with Crippen molar-refractivity contribution in [3.05, 3.63) is 10.6 Å². The average molecular weight is 267 g/mol. The lowest BCUT2D eigenvalue weighted by molar-refractivity contribution is -0.140. The van der Waals surface area contributed by atoms with Crippen molar-refractivity contribution in [2.24, 2.45) is 0 Å². The van der Waals surface area contributed by atoms with Gasteiger partial charge in [0, 0.05) is 6.54 Å². The lowest BCUT2D eigenvalue weighted by atomic mass is 10.3. The molecule has 96 valence electrons. The van der Waals surface area contributed by atoms with Crippen LogP contribution in [0.5, 0.6) is 0 Å². The lowest BCUT2D eigenvalue weighted by Crippen LogP contribution is -2.38. The van der Waals surface area contributed by atoms with Crippen molar-refractivity contribution in [2.45, 2.75) is 20.0 Å². The van der Waals surface area contributed by atoms with Crippen molar-refractivity contribution in [1.82, 2.24) is 9.88 Å². The number of hydrogen-bond acceptors (Lipinski definition) is 4. The number of rotatable bonds is 3. The first-order valence-corrected chi connectivity index (χ1v) is 5.65. The summed E-state index contributed by atoms with van der Waals surface area (Å²) in [6.45, 7) is 1.75. The number of amides is 1. The van der Waals surface area contributed by atoms with Gasteiger partial charge in [0.05, 0.1) is 5.69 Å². The van der Waals surface area contributed by atoms with E-state index in [1.807, 2.05) is 0 Å². The molecule has 0 bridgehead atoms. The molecule has 0 atom stereocenters. The highest BCUT2D eigenvalue weighted by Gasteiger charge is 2.33. The van der Waals surface area contributed by atoms with Crippen LogP contribution in [0.2, 0.25) is 0 Å². The van der Waals surface area contributed by atoms with Crippen LogP contribution in [-0.2, 0) is 0 Å². The van der Waals surface area contributed by atoms with E-state index in [2.05, 4.69) is 4.98 Å². The fourth-order valence-electron chi connectivity index (χ4n) is 1.30. The van der Waals surface area contributed by atoms with Crippen LogP contribution in [-0.4, -0.2) is 35.1 Å². The molecule has 0 saturated heterocycles. The highest BCUT2D eigenvalue weighted by molar-refractivity contribution is 7.17. The minimum atomic E-state index is -4.41. The van der Waals surface area contributed by atoms with E-state index in [0.717, 1.165) is 16.2 Å². The zero-order valence-electron chi connectivity index (χ0n) is 9.34. The zero-order valence-corrected chi connectivity index (χ0v) is 10.2. The van der Waals surface area contributed by atoms with E-state index < -0.39 is 18.6 Å². The topological polar surface area (TPSA) is 59.2 Å². The Labute approximate surface area is 100 Å². The van der Waals surface area contributed by atoms with E-state index in [9.17, 15) is 18.0 Å². The molecule has 17 heavy (non-hydrogen) atoms. The van der Waals surface area contributed by atoms with Crippen LogP contribution in [0.3, 0.4) is 0 Å². The molecule has 0 fully saturated rings. The van der Waals surface area contributed by atoms with Crippen molar-refractivity contribution < 1.29 is 18.0 Å². The first-order valence-electron chi connectivity index (χ1n) is 4.83. The molecular weight excluding hydrogens is 255 g/mol. The molecule has 0 radical (unpaired) electrons. The van der Waals surface area contributed by atoms with Crippen molar-refractivity contribution in [3.63, 3.8) is 0 Å². The summed E-state index contributed by atoms with van der Waals surface area (Å²) in [6, 6.07) is 0. The third-order valence-electron chi connectivity index (χ3n) is 2.05. The molecule has 1 heterocycles. The smallest absolute Gasteiger partial charge is 0.375 e. The number of thiazole rings is 1. The van der Waals surface area contributed by atoms with E-state index in [4.69, 9.17) is 5.73 Å². The molecule has 1 aromatic heterocycles. The molecule has 1 rings (SSSR count). The fourth-order valence-corrected chi connectivity index (χ4v) is 2.10. The second-order valence-electron chi connectivity index (χ2n) is 3.40. The number of hydrogen-bond donors (Lipinski definition) is 1. The summed E-state index contributed by atoms with van der Waals surface area (Å²) >= 11 is 0.900. The van der Waals surface area contributed by atoms with Gasteiger partial charge in [0.2, 0.25) is 0 Å². The third kappa shape index (κ3) is 3.58. The predicted molar refractivity (Wildman–Crippen MR) is 58.9 cm³/mol. The first kappa shape index (κ1) is 13.8. The lowest BCUT2D eigenvalue weighted by Gasteiger charge is -2.21. The summed E-state index contributed by atoms with van der Waals surface area (Å²) in [5.74, 6) is -0.684. The predicted octanol–water partition coefficient (Wildman–Crippen LogP) is 2.06. The van der Waals surface area contributed by atoms with Gasteiger partial charge in [-0.25, -0.2) is 4.98 Å². The molecule has 8 heteroatoms. The Morgan fingerprint density at radius 1 is 1.53 bits per heavy atom. The van der Waals surface area contributed by atoms with Gasteiger partial charge in [-0.3, -0.25) is 4.79 Å². The number of halogens is 3. The number of aryl methyl sites for hydroxylation is 1. The minimum absolute atomic E-state index is 0.0183. The Morgan fingerprint density at radius 2 is 2.12 bits per heavy atom. The van der Waals surface area contributed by atoms with Crippen LogP contribution in [0.25, 0.3) is 0 Å². The molecule has 1 aromatic rings. The van der Waals surface area contributed by atoms with Crippen LogP contribution in [0, 0.1) is 6.92 Å². The molecule has 1 amide bonds. The van der Waals surface area contributed by atoms with Crippen LogP contribution in [0.4, 0.5) is 18.3 Å². The second-order valence-corrected chi connectivity index (χ2v) is 4.43. The van der Waals surface area contributed by atoms with Gasteiger partial charge in [-0.05, 0) is 13.8 Å². The monoisotopic (exact) mass is 267 g/mol. The van der Waals surface area contributed by atoms with E-state index in [-0.39, 0.29) is 16.6 Å². The van der Waals surface area contributed by atoms with Gasteiger partial charge in [0.15, 0.2) is 5.13 Å². The molecular formula is C9H12F3N3OS. The molecule has 0 unspecified atom stereocenters. The average Bonchev–Trinajstić information content (AvgIpc) is 2.52. The number of carbonyl (C=O) groups excluding carboxylic acids is 1. The number of nitrogens with two attached hydrogens (primary N) is 1. The Kier molecular flexibility index (Phi) is 3.97. The van der Waals surface area contributed by atoms with Crippen molar-refractivity contribution in [1.29, 1.82) is 0 Å². The quantitative estimate of drug-likeness (QED) is 0.912. The normalized spacial score (nSPS) is 11.6. The summed E-state index contributed by atoms with van der Waals surface area (Å²) in [5, 5.41) is 0.175. The summed E-state index contributed by atoms with van der Waals surface area (Å²) in [6.07, 6.45) is -4.41. The van der Waals surface area contributed by atoms with Gasteiger partial charge in [0.25, 0.3) is 5.91 Å². The molecule has 0 spiro atoms. The third-order valence-corrected chi connectivity index (χ3v) is 3.02. The van der Waals surface area contributed by atoms with E-state index >= 15 is 0 Å². The standard InChI is InChI=1S/C9H12F3N3OS/c1-3-15(4-9(10,11)12)7(16)6-5(2)14-8(13)17-6/h3-4H2,1-2H3,(H2,13,14). The van der Waals surface area contributed by atoms with Crippen LogP contribution < -0.4 is 5.73 Å². The molecule has 4 nitrogen and oxygen atoms in total. The largest absolute Gasteiger partial charge is 0.406 e. The Bertz CT molecular complexity index is 416. The molecule has 0 aliphatic rings. The van der Waals surface area contributed by atoms with Crippen LogP contribution in [0.15, 0.2) is 0 Å². The highest BCUT2D eigenvalue weighted by atomic mass is 32.1. The van der Waals surface area contributed by atoms with Gasteiger partial charge >= 0.3 is 6.18 Å². The number of nitrogens with zero attached hydrogens (tertiary/aromatic N) is 2. The van der Waals surface area contributed by atoms with Crippen molar-refractivity contribution in [3.8, 4) is 0 Å². The summed E-state index contributed by atoms with van der Waals surface area (Å²) < 4.78 is 36.7. The van der Waals surface area contributed by atoms with Gasteiger partial charge in [-0.1, -0.05) is 11.3 Å². The van der Waals surface area contributed by atoms with Gasteiger partial charge < -0.3 is 10.6 Å². The first-order chi connectivity index (χ1) is 7.74. The number of alkyl halides is 3. The Balaban J connectivity index is 2.90. The van der Waals surface area contributed by atoms with Crippen LogP contribution in [0.1, 0.15) is 22.3 Å². The van der Waals surface area contributed by atoms with Gasteiger partial charge in [-0.2, -0.15) is 13.2 Å². The molecule has 0 aliphatic carbocycles. The van der Waals surface area contributed by atoms with Crippen molar-refractivity contribution >= 4 is 22.4 Å². The number of nitrogen functional groups attached to an aromatic ring is 1. The van der Waals surface area contributed by atoms with E-state index in [1.54, 1.807) is 6.92 Å². The Hall–Kier alpha value is -1.31. The van der Waals surface area contributed by atoms with Crippen LogP contribution >= 0.6 is 11.3 Å². The fraction of sp³-hybridized carbons (Fsp3) is 0.556. The molecule has 0 aromatic carbocycles. The van der Waals surface area contributed by atoms with E-state index in [0.29, 0.717) is 5.69 Å². The minimum Gasteiger partial charge on any atom is -0.375 e. The van der Waals surface area contributed by atoms with E-state index in [1.165, 1.54) is 6.92 Å². The highest BCUT2D eigenvalue weighted by Crippen LogP contribution is 2.23. The van der Waals surface area contributed by atoms with Gasteiger partial charge in [0.1, 0.15) is 11.4 Å². The summed E-state index contributed by atoms with van der Waals surface area (Å²) in [7, 11) is 0. The summed E-state index contributed by atoms with van der Waals surface area (Å²) in [5.41, 5.74) is 5.76. The maximum atomic E-state index is 12.2. The second kappa shape index (κ2) is 4.91.